The fourth-order valence-electron chi connectivity index (χ4n) is 3.34. The summed E-state index contributed by atoms with van der Waals surface area (Å²) in [5, 5.41) is 20.4. The molecule has 1 saturated heterocycles. The molecule has 9 nitrogen and oxygen atoms in total. The van der Waals surface area contributed by atoms with E-state index < -0.39 is 0 Å². The Balaban J connectivity index is 1.19. The van der Waals surface area contributed by atoms with Crippen molar-refractivity contribution in [3.63, 3.8) is 0 Å². The lowest BCUT2D eigenvalue weighted by Crippen LogP contribution is -2.51. The number of fused-ring (bicyclic) bond motifs is 1. The molecule has 1 saturated carbocycles. The number of piperazine rings is 1. The molecule has 0 spiro atoms. The van der Waals surface area contributed by atoms with Crippen molar-refractivity contribution in [2.75, 3.05) is 31.5 Å². The number of hydrogen-bond donors (Lipinski definition) is 2. The molecule has 3 heterocycles. The van der Waals surface area contributed by atoms with Crippen LogP contribution in [-0.4, -0.2) is 68.3 Å². The predicted molar refractivity (Wildman–Crippen MR) is 104 cm³/mol. The van der Waals surface area contributed by atoms with E-state index in [0.29, 0.717) is 42.9 Å². The minimum Gasteiger partial charge on any atom is -0.334 e. The number of anilines is 1. The second kappa shape index (κ2) is 6.86. The lowest BCUT2D eigenvalue weighted by Gasteiger charge is -2.34. The van der Waals surface area contributed by atoms with Crippen molar-refractivity contribution in [2.24, 2.45) is 0 Å². The number of urea groups is 1. The van der Waals surface area contributed by atoms with Gasteiger partial charge in [-0.15, -0.1) is 10.2 Å². The molecule has 2 aliphatic rings. The van der Waals surface area contributed by atoms with Crippen LogP contribution in [0.25, 0.3) is 10.9 Å². The van der Waals surface area contributed by atoms with Crippen LogP contribution in [0.3, 0.4) is 0 Å². The summed E-state index contributed by atoms with van der Waals surface area (Å²) < 4.78 is 0. The number of carbonyl (C=O) groups excluding carboxylic acids is 2. The van der Waals surface area contributed by atoms with Crippen molar-refractivity contribution >= 4 is 39.3 Å². The average molecular weight is 397 g/mol. The first kappa shape index (κ1) is 17.1. The van der Waals surface area contributed by atoms with Gasteiger partial charge < -0.3 is 9.80 Å². The van der Waals surface area contributed by atoms with Crippen LogP contribution in [-0.2, 0) is 0 Å². The Hall–Kier alpha value is -3.01. The quantitative estimate of drug-likeness (QED) is 0.705. The van der Waals surface area contributed by atoms with Crippen LogP contribution in [0.4, 0.5) is 9.93 Å². The lowest BCUT2D eigenvalue weighted by atomic mass is 10.2. The number of hydrogen-bond acceptors (Lipinski definition) is 6. The third-order valence-electron chi connectivity index (χ3n) is 5.11. The van der Waals surface area contributed by atoms with Gasteiger partial charge in [0, 0.05) is 37.5 Å². The highest BCUT2D eigenvalue weighted by molar-refractivity contribution is 7.15. The molecule has 0 unspecified atom stereocenters. The topological polar surface area (TPSA) is 107 Å². The minimum absolute atomic E-state index is 0.115. The molecule has 10 heteroatoms. The number of amides is 3. The van der Waals surface area contributed by atoms with Gasteiger partial charge in [0.25, 0.3) is 5.91 Å². The van der Waals surface area contributed by atoms with Crippen molar-refractivity contribution in [3.05, 3.63) is 35.0 Å². The van der Waals surface area contributed by atoms with E-state index >= 15 is 0 Å². The van der Waals surface area contributed by atoms with Crippen LogP contribution in [0, 0.1) is 0 Å². The SMILES string of the molecule is O=C(Nc1nnc(C2CC2)s1)N1CCN(C(=O)c2n[nH]c3ccccc23)CC1. The predicted octanol–water partition coefficient (Wildman–Crippen LogP) is 2.28. The number of benzene rings is 1. The second-order valence-electron chi connectivity index (χ2n) is 7.05. The molecule has 1 aromatic carbocycles. The third-order valence-corrected chi connectivity index (χ3v) is 6.11. The van der Waals surface area contributed by atoms with Crippen molar-refractivity contribution < 1.29 is 9.59 Å². The zero-order valence-electron chi connectivity index (χ0n) is 15.1. The average Bonchev–Trinajstić information content (AvgIpc) is 3.32. The van der Waals surface area contributed by atoms with E-state index in [9.17, 15) is 9.59 Å². The smallest absolute Gasteiger partial charge is 0.323 e. The standard InChI is InChI=1S/C18H19N7O2S/c26-16(14-12-3-1-2-4-13(12)20-21-14)24-7-9-25(10-8-24)18(27)19-17-23-22-15(28-17)11-5-6-11/h1-4,11H,5-10H2,(H,20,21)(H,19,23,27). The molecule has 2 fully saturated rings. The maximum absolute atomic E-state index is 12.8. The third kappa shape index (κ3) is 3.19. The van der Waals surface area contributed by atoms with Crippen LogP contribution in [0.2, 0.25) is 0 Å². The molecule has 3 aromatic rings. The van der Waals surface area contributed by atoms with Gasteiger partial charge in [0.1, 0.15) is 5.01 Å². The lowest BCUT2D eigenvalue weighted by molar-refractivity contribution is 0.0667. The highest BCUT2D eigenvalue weighted by Crippen LogP contribution is 2.42. The summed E-state index contributed by atoms with van der Waals surface area (Å²) in [4.78, 5) is 28.7. The summed E-state index contributed by atoms with van der Waals surface area (Å²) >= 11 is 1.44. The highest BCUT2D eigenvalue weighted by Gasteiger charge is 2.29. The molecule has 1 aliphatic heterocycles. The Kier molecular flexibility index (Phi) is 4.19. The van der Waals surface area contributed by atoms with Gasteiger partial charge >= 0.3 is 6.03 Å². The van der Waals surface area contributed by atoms with Gasteiger partial charge in [0.2, 0.25) is 5.13 Å². The van der Waals surface area contributed by atoms with Crippen LogP contribution in [0.15, 0.2) is 24.3 Å². The maximum Gasteiger partial charge on any atom is 0.323 e. The van der Waals surface area contributed by atoms with Crippen LogP contribution < -0.4 is 5.32 Å². The van der Waals surface area contributed by atoms with Crippen LogP contribution >= 0.6 is 11.3 Å². The summed E-state index contributed by atoms with van der Waals surface area (Å²) in [6, 6.07) is 7.37. The Bertz CT molecular complexity index is 1030. The first-order chi connectivity index (χ1) is 13.7. The fourth-order valence-corrected chi connectivity index (χ4v) is 4.24. The van der Waals surface area contributed by atoms with Gasteiger partial charge in [-0.25, -0.2) is 4.79 Å². The van der Waals surface area contributed by atoms with Crippen molar-refractivity contribution in [1.82, 2.24) is 30.2 Å². The van der Waals surface area contributed by atoms with Crippen LogP contribution in [0.1, 0.15) is 34.3 Å². The number of H-pyrrole nitrogens is 1. The number of carbonyl (C=O) groups is 2. The van der Waals surface area contributed by atoms with Gasteiger partial charge in [0.05, 0.1) is 5.52 Å². The summed E-state index contributed by atoms with van der Waals surface area (Å²) in [5.74, 6) is 0.409. The second-order valence-corrected chi connectivity index (χ2v) is 8.06. The van der Waals surface area contributed by atoms with Crippen molar-refractivity contribution in [1.29, 1.82) is 0 Å². The van der Waals surface area contributed by atoms with E-state index in [4.69, 9.17) is 0 Å². The monoisotopic (exact) mass is 397 g/mol. The van der Waals surface area contributed by atoms with Crippen molar-refractivity contribution in [3.8, 4) is 0 Å². The summed E-state index contributed by atoms with van der Waals surface area (Å²) in [7, 11) is 0. The molecular formula is C18H19N7O2S. The Labute approximate surface area is 164 Å². The number of aromatic nitrogens is 4. The van der Waals surface area contributed by atoms with E-state index in [1.807, 2.05) is 24.3 Å². The van der Waals surface area contributed by atoms with Gasteiger partial charge in [-0.3, -0.25) is 15.2 Å². The van der Waals surface area contributed by atoms with Crippen LogP contribution in [0.5, 0.6) is 0 Å². The molecule has 0 radical (unpaired) electrons. The number of para-hydroxylation sites is 1. The zero-order chi connectivity index (χ0) is 19.1. The normalized spacial score (nSPS) is 17.1. The van der Waals surface area contributed by atoms with Gasteiger partial charge in [0.15, 0.2) is 5.69 Å². The first-order valence-electron chi connectivity index (χ1n) is 9.31. The Morgan fingerprint density at radius 1 is 1.07 bits per heavy atom. The summed E-state index contributed by atoms with van der Waals surface area (Å²) in [6.45, 7) is 1.87. The molecule has 0 atom stereocenters. The van der Waals surface area contributed by atoms with Gasteiger partial charge in [-0.05, 0) is 18.9 Å². The molecule has 5 rings (SSSR count). The highest BCUT2D eigenvalue weighted by atomic mass is 32.1. The molecule has 2 N–H and O–H groups in total. The Morgan fingerprint density at radius 2 is 1.82 bits per heavy atom. The fraction of sp³-hybridized carbons (Fsp3) is 0.389. The molecule has 3 amide bonds. The molecule has 1 aliphatic carbocycles. The van der Waals surface area contributed by atoms with E-state index in [2.05, 4.69) is 25.7 Å². The van der Waals surface area contributed by atoms with E-state index in [-0.39, 0.29) is 11.9 Å². The van der Waals surface area contributed by atoms with E-state index in [0.717, 1.165) is 28.8 Å². The molecular weight excluding hydrogens is 378 g/mol. The maximum atomic E-state index is 12.8. The number of aromatic amines is 1. The summed E-state index contributed by atoms with van der Waals surface area (Å²) in [5.41, 5.74) is 1.27. The zero-order valence-corrected chi connectivity index (χ0v) is 15.9. The number of nitrogens with one attached hydrogen (secondary N) is 2. The van der Waals surface area contributed by atoms with E-state index in [1.165, 1.54) is 11.3 Å². The first-order valence-corrected chi connectivity index (χ1v) is 10.1. The van der Waals surface area contributed by atoms with E-state index in [1.54, 1.807) is 9.80 Å². The Morgan fingerprint density at radius 3 is 2.61 bits per heavy atom. The minimum atomic E-state index is -0.198. The van der Waals surface area contributed by atoms with Crippen molar-refractivity contribution in [2.45, 2.75) is 18.8 Å². The molecule has 144 valence electrons. The molecule has 0 bridgehead atoms. The number of rotatable bonds is 3. The largest absolute Gasteiger partial charge is 0.334 e. The van der Waals surface area contributed by atoms with Gasteiger partial charge in [-0.1, -0.05) is 29.5 Å². The van der Waals surface area contributed by atoms with Gasteiger partial charge in [-0.2, -0.15) is 5.10 Å². The molecule has 2 aromatic heterocycles. The molecule has 28 heavy (non-hydrogen) atoms. The number of nitrogens with zero attached hydrogens (tertiary/aromatic N) is 5. The summed E-state index contributed by atoms with van der Waals surface area (Å²) in [6.07, 6.45) is 2.31.